The summed E-state index contributed by atoms with van der Waals surface area (Å²) in [6, 6.07) is 11.7. The molecule has 0 radical (unpaired) electrons. The predicted octanol–water partition coefficient (Wildman–Crippen LogP) is 2.79. The summed E-state index contributed by atoms with van der Waals surface area (Å²) in [5.74, 6) is 0. The van der Waals surface area contributed by atoms with Crippen molar-refractivity contribution in [2.45, 2.75) is 0 Å². The van der Waals surface area contributed by atoms with Crippen molar-refractivity contribution in [3.05, 3.63) is 59.2 Å². The first-order chi connectivity index (χ1) is 8.78. The van der Waals surface area contributed by atoms with Crippen LogP contribution in [0.5, 0.6) is 0 Å². The van der Waals surface area contributed by atoms with Gasteiger partial charge in [-0.05, 0) is 17.2 Å². The third-order valence-corrected chi connectivity index (χ3v) is 2.70. The highest BCUT2D eigenvalue weighted by atomic mass is 16.1. The molecule has 18 heavy (non-hydrogen) atoms. The zero-order valence-corrected chi connectivity index (χ0v) is 9.50. The van der Waals surface area contributed by atoms with Crippen LogP contribution in [0.3, 0.4) is 0 Å². The van der Waals surface area contributed by atoms with Crippen molar-refractivity contribution < 1.29 is 14.4 Å². The molecule has 0 bridgehead atoms. The molecule has 0 atom stereocenters. The van der Waals surface area contributed by atoms with Crippen molar-refractivity contribution in [1.29, 1.82) is 0 Å². The van der Waals surface area contributed by atoms with Gasteiger partial charge in [0.05, 0.1) is 0 Å². The lowest BCUT2D eigenvalue weighted by molar-refractivity contribution is 0.111. The Labute approximate surface area is 104 Å². The van der Waals surface area contributed by atoms with E-state index < -0.39 is 0 Å². The molecule has 2 aromatic carbocycles. The molecule has 0 unspecified atom stereocenters. The SMILES string of the molecule is O=Cc1ccc(-c2cc(C=O)ccc2C=O)cc1. The largest absolute Gasteiger partial charge is 0.298 e. The van der Waals surface area contributed by atoms with E-state index in [9.17, 15) is 14.4 Å². The zero-order chi connectivity index (χ0) is 13.0. The molecule has 0 saturated carbocycles. The van der Waals surface area contributed by atoms with Crippen LogP contribution in [0.4, 0.5) is 0 Å². The molecule has 0 aliphatic heterocycles. The fourth-order valence-electron chi connectivity index (χ4n) is 1.74. The molecule has 0 spiro atoms. The molecular formula is C15H10O3. The number of aldehydes is 3. The standard InChI is InChI=1S/C15H10O3/c16-8-11-1-4-13(5-2-11)15-7-12(9-17)3-6-14(15)10-18/h1-10H. The van der Waals surface area contributed by atoms with Gasteiger partial charge in [-0.25, -0.2) is 0 Å². The molecule has 0 fully saturated rings. The first-order valence-corrected chi connectivity index (χ1v) is 5.38. The van der Waals surface area contributed by atoms with Crippen LogP contribution in [0, 0.1) is 0 Å². The molecular weight excluding hydrogens is 228 g/mol. The van der Waals surface area contributed by atoms with Crippen LogP contribution in [-0.4, -0.2) is 18.9 Å². The van der Waals surface area contributed by atoms with Crippen molar-refractivity contribution in [3.63, 3.8) is 0 Å². The molecule has 2 rings (SSSR count). The van der Waals surface area contributed by atoms with Crippen LogP contribution < -0.4 is 0 Å². The highest BCUT2D eigenvalue weighted by Gasteiger charge is 2.06. The Bertz CT molecular complexity index is 598. The van der Waals surface area contributed by atoms with Gasteiger partial charge in [-0.1, -0.05) is 36.4 Å². The van der Waals surface area contributed by atoms with Gasteiger partial charge in [-0.3, -0.25) is 14.4 Å². The Balaban J connectivity index is 2.56. The van der Waals surface area contributed by atoms with Gasteiger partial charge in [-0.2, -0.15) is 0 Å². The first-order valence-electron chi connectivity index (χ1n) is 5.38. The maximum absolute atomic E-state index is 11.0. The van der Waals surface area contributed by atoms with Gasteiger partial charge in [0.25, 0.3) is 0 Å². The van der Waals surface area contributed by atoms with E-state index in [4.69, 9.17) is 0 Å². The molecule has 3 nitrogen and oxygen atoms in total. The molecule has 88 valence electrons. The predicted molar refractivity (Wildman–Crippen MR) is 68.0 cm³/mol. The van der Waals surface area contributed by atoms with Crippen LogP contribution in [0.1, 0.15) is 31.1 Å². The van der Waals surface area contributed by atoms with E-state index in [-0.39, 0.29) is 0 Å². The number of hydrogen-bond acceptors (Lipinski definition) is 3. The summed E-state index contributed by atoms with van der Waals surface area (Å²) in [5, 5.41) is 0. The molecule has 0 saturated heterocycles. The molecule has 3 heteroatoms. The molecule has 0 aromatic heterocycles. The quantitative estimate of drug-likeness (QED) is 0.769. The maximum atomic E-state index is 11.0. The summed E-state index contributed by atoms with van der Waals surface area (Å²) in [5.41, 5.74) is 3.07. The molecule has 0 aliphatic rings. The van der Waals surface area contributed by atoms with E-state index in [1.165, 1.54) is 0 Å². The minimum absolute atomic E-state index is 0.509. The monoisotopic (exact) mass is 238 g/mol. The number of rotatable bonds is 4. The van der Waals surface area contributed by atoms with Gasteiger partial charge < -0.3 is 0 Å². The Morgan fingerprint density at radius 1 is 0.667 bits per heavy atom. The number of carbonyl (C=O) groups excluding carboxylic acids is 3. The van der Waals surface area contributed by atoms with Crippen molar-refractivity contribution in [3.8, 4) is 11.1 Å². The summed E-state index contributed by atoms with van der Waals surface area (Å²) in [4.78, 5) is 32.3. The Kier molecular flexibility index (Phi) is 3.44. The van der Waals surface area contributed by atoms with Gasteiger partial charge in [-0.15, -0.1) is 0 Å². The van der Waals surface area contributed by atoms with Crippen LogP contribution in [-0.2, 0) is 0 Å². The average Bonchev–Trinajstić information content (AvgIpc) is 2.46. The highest BCUT2D eigenvalue weighted by molar-refractivity contribution is 5.91. The van der Waals surface area contributed by atoms with E-state index in [2.05, 4.69) is 0 Å². The lowest BCUT2D eigenvalue weighted by Crippen LogP contribution is -1.91. The fourth-order valence-corrected chi connectivity index (χ4v) is 1.74. The average molecular weight is 238 g/mol. The molecule has 0 N–H and O–H groups in total. The van der Waals surface area contributed by atoms with Crippen LogP contribution in [0.25, 0.3) is 11.1 Å². The second-order valence-electron chi connectivity index (χ2n) is 3.82. The van der Waals surface area contributed by atoms with Crippen LogP contribution in [0.2, 0.25) is 0 Å². The third-order valence-electron chi connectivity index (χ3n) is 2.70. The maximum Gasteiger partial charge on any atom is 0.150 e. The van der Waals surface area contributed by atoms with Crippen LogP contribution in [0.15, 0.2) is 42.5 Å². The third kappa shape index (κ3) is 2.25. The van der Waals surface area contributed by atoms with E-state index >= 15 is 0 Å². The summed E-state index contributed by atoms with van der Waals surface area (Å²) < 4.78 is 0. The Morgan fingerprint density at radius 2 is 1.28 bits per heavy atom. The minimum Gasteiger partial charge on any atom is -0.298 e. The van der Waals surface area contributed by atoms with E-state index in [0.29, 0.717) is 22.3 Å². The first kappa shape index (κ1) is 11.9. The lowest BCUT2D eigenvalue weighted by Gasteiger charge is -2.06. The van der Waals surface area contributed by atoms with E-state index in [0.717, 1.165) is 24.4 Å². The number of hydrogen-bond donors (Lipinski definition) is 0. The Morgan fingerprint density at radius 3 is 1.83 bits per heavy atom. The van der Waals surface area contributed by atoms with Crippen molar-refractivity contribution in [2.75, 3.05) is 0 Å². The van der Waals surface area contributed by atoms with Gasteiger partial charge in [0, 0.05) is 16.7 Å². The summed E-state index contributed by atoms with van der Waals surface area (Å²) in [7, 11) is 0. The smallest absolute Gasteiger partial charge is 0.150 e. The Hall–Kier alpha value is -2.55. The topological polar surface area (TPSA) is 51.2 Å². The zero-order valence-electron chi connectivity index (χ0n) is 9.50. The van der Waals surface area contributed by atoms with Gasteiger partial charge in [0.1, 0.15) is 12.6 Å². The van der Waals surface area contributed by atoms with Crippen molar-refractivity contribution in [1.82, 2.24) is 0 Å². The second kappa shape index (κ2) is 5.19. The lowest BCUT2D eigenvalue weighted by atomic mass is 9.97. The molecule has 0 heterocycles. The molecule has 0 aliphatic carbocycles. The number of benzene rings is 2. The molecule has 0 amide bonds. The van der Waals surface area contributed by atoms with Gasteiger partial charge in [0.2, 0.25) is 0 Å². The normalized spacial score (nSPS) is 9.78. The van der Waals surface area contributed by atoms with E-state index in [1.807, 2.05) is 0 Å². The highest BCUT2D eigenvalue weighted by Crippen LogP contribution is 2.24. The van der Waals surface area contributed by atoms with Crippen LogP contribution >= 0.6 is 0 Å². The van der Waals surface area contributed by atoms with E-state index in [1.54, 1.807) is 42.5 Å². The summed E-state index contributed by atoms with van der Waals surface area (Å²) in [6.45, 7) is 0. The minimum atomic E-state index is 0.509. The van der Waals surface area contributed by atoms with Crippen molar-refractivity contribution >= 4 is 18.9 Å². The summed E-state index contributed by atoms with van der Waals surface area (Å²) in [6.07, 6.45) is 2.24. The molecule has 2 aromatic rings. The second-order valence-corrected chi connectivity index (χ2v) is 3.82. The summed E-state index contributed by atoms with van der Waals surface area (Å²) >= 11 is 0. The van der Waals surface area contributed by atoms with Crippen molar-refractivity contribution in [2.24, 2.45) is 0 Å². The number of carbonyl (C=O) groups is 3. The van der Waals surface area contributed by atoms with Gasteiger partial charge in [0.15, 0.2) is 6.29 Å². The fraction of sp³-hybridized carbons (Fsp3) is 0. The van der Waals surface area contributed by atoms with Gasteiger partial charge >= 0.3 is 0 Å².